The summed E-state index contributed by atoms with van der Waals surface area (Å²) >= 11 is 0. The summed E-state index contributed by atoms with van der Waals surface area (Å²) < 4.78 is 0. The molecule has 2 unspecified atom stereocenters. The number of carboxylic acids is 1. The molecule has 0 saturated carbocycles. The summed E-state index contributed by atoms with van der Waals surface area (Å²) in [6.07, 6.45) is 1.78. The molecule has 1 fully saturated rings. The van der Waals surface area contributed by atoms with Gasteiger partial charge in [-0.25, -0.2) is 0 Å². The summed E-state index contributed by atoms with van der Waals surface area (Å²) in [4.78, 5) is 17.5. The second kappa shape index (κ2) is 5.71. The number of carbonyl (C=O) groups is 1. The maximum Gasteiger partial charge on any atom is 0.315 e. The number of benzene rings is 2. The van der Waals surface area contributed by atoms with E-state index in [0.717, 1.165) is 35.7 Å². The topological polar surface area (TPSA) is 49.8 Å². The van der Waals surface area contributed by atoms with Crippen LogP contribution < -0.4 is 0 Å². The number of carboxylic acid groups (broad SMARTS) is 1. The second-order valence-corrected chi connectivity index (χ2v) is 6.05. The molecule has 0 bridgehead atoms. The summed E-state index contributed by atoms with van der Waals surface area (Å²) in [7, 11) is 1.61. The summed E-state index contributed by atoms with van der Waals surface area (Å²) in [5.74, 6) is -0.809. The monoisotopic (exact) mass is 299 g/mol. The molecule has 2 atom stereocenters. The molecule has 1 saturated heterocycles. The van der Waals surface area contributed by atoms with Gasteiger partial charge in [0.05, 0.1) is 13.2 Å². The van der Waals surface area contributed by atoms with E-state index in [-0.39, 0.29) is 6.04 Å². The highest BCUT2D eigenvalue weighted by Gasteiger charge is 2.48. The molecule has 4 heteroatoms. The number of hydrogen-bond donors (Lipinski definition) is 1. The van der Waals surface area contributed by atoms with Crippen LogP contribution >= 0.6 is 0 Å². The zero-order chi connectivity index (χ0) is 15.7. The summed E-state index contributed by atoms with van der Waals surface area (Å²) in [5.41, 5.74) is -0.163. The predicted octanol–water partition coefficient (Wildman–Crippen LogP) is 3.21. The van der Waals surface area contributed by atoms with Gasteiger partial charge in [-0.05, 0) is 42.2 Å². The minimum Gasteiger partial charge on any atom is -0.481 e. The van der Waals surface area contributed by atoms with Gasteiger partial charge in [0.1, 0.15) is 5.41 Å². The van der Waals surface area contributed by atoms with Crippen LogP contribution in [0.15, 0.2) is 42.5 Å². The molecule has 0 aliphatic carbocycles. The molecule has 0 radical (unpaired) electrons. The van der Waals surface area contributed by atoms with E-state index in [4.69, 9.17) is 4.84 Å². The van der Waals surface area contributed by atoms with Crippen LogP contribution in [0.25, 0.3) is 10.8 Å². The zero-order valence-electron chi connectivity index (χ0n) is 13.0. The molecule has 2 aromatic rings. The molecule has 116 valence electrons. The van der Waals surface area contributed by atoms with Gasteiger partial charge < -0.3 is 9.94 Å². The number of nitrogens with zero attached hydrogens (tertiary/aromatic N) is 1. The Kier molecular flexibility index (Phi) is 3.89. The predicted molar refractivity (Wildman–Crippen MR) is 85.7 cm³/mol. The van der Waals surface area contributed by atoms with Crippen molar-refractivity contribution < 1.29 is 14.7 Å². The van der Waals surface area contributed by atoms with E-state index in [9.17, 15) is 9.90 Å². The van der Waals surface area contributed by atoms with Crippen LogP contribution in [0.1, 0.15) is 25.3 Å². The molecule has 1 aliphatic heterocycles. The van der Waals surface area contributed by atoms with E-state index < -0.39 is 11.4 Å². The third-order valence-corrected chi connectivity index (χ3v) is 4.90. The van der Waals surface area contributed by atoms with Crippen molar-refractivity contribution >= 4 is 16.7 Å². The Labute approximate surface area is 130 Å². The number of hydrogen-bond acceptors (Lipinski definition) is 3. The van der Waals surface area contributed by atoms with Gasteiger partial charge in [0.25, 0.3) is 0 Å². The zero-order valence-corrected chi connectivity index (χ0v) is 13.0. The molecule has 1 aliphatic rings. The molecule has 0 spiro atoms. The lowest BCUT2D eigenvalue weighted by molar-refractivity contribution is -0.172. The highest BCUT2D eigenvalue weighted by molar-refractivity contribution is 5.87. The lowest BCUT2D eigenvalue weighted by atomic mass is 9.74. The summed E-state index contributed by atoms with van der Waals surface area (Å²) in [6.45, 7) is 2.58. The molecular formula is C18H21NO3. The van der Waals surface area contributed by atoms with E-state index in [2.05, 4.69) is 0 Å². The van der Waals surface area contributed by atoms with Crippen molar-refractivity contribution in [3.63, 3.8) is 0 Å². The van der Waals surface area contributed by atoms with Crippen molar-refractivity contribution in [2.24, 2.45) is 0 Å². The highest BCUT2D eigenvalue weighted by Crippen LogP contribution is 2.38. The number of fused-ring (bicyclic) bond motifs is 1. The van der Waals surface area contributed by atoms with Crippen molar-refractivity contribution in [3.05, 3.63) is 48.0 Å². The average molecular weight is 299 g/mol. The fourth-order valence-corrected chi connectivity index (χ4v) is 3.51. The largest absolute Gasteiger partial charge is 0.481 e. The normalized spacial score (nSPS) is 21.8. The van der Waals surface area contributed by atoms with Crippen LogP contribution in [0.4, 0.5) is 0 Å². The summed E-state index contributed by atoms with van der Waals surface area (Å²) in [6, 6.07) is 13.8. The van der Waals surface area contributed by atoms with Crippen molar-refractivity contribution in [1.29, 1.82) is 0 Å². The van der Waals surface area contributed by atoms with Gasteiger partial charge in [0.2, 0.25) is 0 Å². The van der Waals surface area contributed by atoms with Crippen LogP contribution in [0.5, 0.6) is 0 Å². The maximum atomic E-state index is 12.1. The number of rotatable bonds is 4. The van der Waals surface area contributed by atoms with Gasteiger partial charge in [0, 0.05) is 6.54 Å². The van der Waals surface area contributed by atoms with Crippen LogP contribution in [-0.2, 0) is 15.0 Å². The van der Waals surface area contributed by atoms with Crippen LogP contribution in [-0.4, -0.2) is 35.8 Å². The Morgan fingerprint density at radius 3 is 2.68 bits per heavy atom. The van der Waals surface area contributed by atoms with Crippen LogP contribution in [0.3, 0.4) is 0 Å². The first-order valence-electron chi connectivity index (χ1n) is 7.61. The van der Waals surface area contributed by atoms with Gasteiger partial charge >= 0.3 is 5.97 Å². The van der Waals surface area contributed by atoms with E-state index in [1.165, 1.54) is 0 Å². The smallest absolute Gasteiger partial charge is 0.315 e. The fourth-order valence-electron chi connectivity index (χ4n) is 3.51. The molecule has 2 aromatic carbocycles. The lowest BCUT2D eigenvalue weighted by Gasteiger charge is -2.36. The fraction of sp³-hybridized carbons (Fsp3) is 0.389. The lowest BCUT2D eigenvalue weighted by Crippen LogP contribution is -2.50. The minimum absolute atomic E-state index is 0.156. The highest BCUT2D eigenvalue weighted by atomic mass is 16.7. The molecule has 4 nitrogen and oxygen atoms in total. The maximum absolute atomic E-state index is 12.1. The summed E-state index contributed by atoms with van der Waals surface area (Å²) in [5, 5.41) is 13.9. The van der Waals surface area contributed by atoms with E-state index >= 15 is 0 Å². The molecule has 3 rings (SSSR count). The van der Waals surface area contributed by atoms with Crippen LogP contribution in [0.2, 0.25) is 0 Å². The van der Waals surface area contributed by atoms with Crippen molar-refractivity contribution in [2.75, 3.05) is 13.7 Å². The number of aliphatic carboxylic acids is 1. The molecule has 0 amide bonds. The van der Waals surface area contributed by atoms with E-state index in [0.29, 0.717) is 0 Å². The average Bonchev–Trinajstić information content (AvgIpc) is 3.02. The molecule has 1 heterocycles. The molecule has 0 aromatic heterocycles. The second-order valence-electron chi connectivity index (χ2n) is 6.05. The van der Waals surface area contributed by atoms with Crippen molar-refractivity contribution in [3.8, 4) is 0 Å². The van der Waals surface area contributed by atoms with Gasteiger partial charge in [0.15, 0.2) is 0 Å². The Morgan fingerprint density at radius 1 is 1.27 bits per heavy atom. The van der Waals surface area contributed by atoms with Gasteiger partial charge in [-0.2, -0.15) is 5.06 Å². The standard InChI is InChI=1S/C18H21NO3/c1-18(17(20)21,16-8-5-11-19(16)22-2)15-10-9-13-6-3-4-7-14(13)12-15/h3-4,6-7,9-10,12,16H,5,8,11H2,1-2H3,(H,20,21). The Balaban J connectivity index is 2.10. The van der Waals surface area contributed by atoms with Crippen LogP contribution in [0, 0.1) is 0 Å². The van der Waals surface area contributed by atoms with Gasteiger partial charge in [-0.1, -0.05) is 36.4 Å². The Hall–Kier alpha value is -1.91. The minimum atomic E-state index is -0.990. The Bertz CT molecular complexity index is 700. The Morgan fingerprint density at radius 2 is 2.00 bits per heavy atom. The third kappa shape index (κ3) is 2.28. The van der Waals surface area contributed by atoms with E-state index in [1.54, 1.807) is 14.0 Å². The first kappa shape index (κ1) is 15.0. The quantitative estimate of drug-likeness (QED) is 0.942. The van der Waals surface area contributed by atoms with Gasteiger partial charge in [-0.15, -0.1) is 0 Å². The number of hydroxylamine groups is 2. The first-order chi connectivity index (χ1) is 10.6. The van der Waals surface area contributed by atoms with Crippen molar-refractivity contribution in [1.82, 2.24) is 5.06 Å². The molecule has 22 heavy (non-hydrogen) atoms. The van der Waals surface area contributed by atoms with Crippen molar-refractivity contribution in [2.45, 2.75) is 31.2 Å². The van der Waals surface area contributed by atoms with E-state index in [1.807, 2.05) is 47.5 Å². The first-order valence-corrected chi connectivity index (χ1v) is 7.61. The molecular weight excluding hydrogens is 278 g/mol. The molecule has 1 N–H and O–H groups in total. The van der Waals surface area contributed by atoms with Gasteiger partial charge in [-0.3, -0.25) is 4.79 Å². The SMILES string of the molecule is CON1CCCC1C(C)(C(=O)O)c1ccc2ccccc2c1. The third-order valence-electron chi connectivity index (χ3n) is 4.90.